The van der Waals surface area contributed by atoms with E-state index in [1.807, 2.05) is 6.92 Å². The van der Waals surface area contributed by atoms with Gasteiger partial charge in [-0.25, -0.2) is 18.6 Å². The van der Waals surface area contributed by atoms with Gasteiger partial charge in [-0.3, -0.25) is 19.3 Å². The number of aromatic nitrogens is 2. The van der Waals surface area contributed by atoms with E-state index in [2.05, 4.69) is 10.3 Å². The number of amides is 2. The number of halogens is 2. The van der Waals surface area contributed by atoms with Crippen LogP contribution in [0.3, 0.4) is 0 Å². The van der Waals surface area contributed by atoms with Crippen LogP contribution in [0.2, 0.25) is 0 Å². The van der Waals surface area contributed by atoms with Crippen LogP contribution in [0.25, 0.3) is 11.0 Å². The first-order valence-electron chi connectivity index (χ1n) is 14.5. The number of unbranched alkanes of at least 4 members (excludes halogenated alkanes) is 1. The maximum absolute atomic E-state index is 15.0. The topological polar surface area (TPSA) is 123 Å². The van der Waals surface area contributed by atoms with Crippen molar-refractivity contribution in [3.8, 4) is 0 Å². The van der Waals surface area contributed by atoms with Crippen LogP contribution < -0.4 is 15.6 Å². The normalized spacial score (nSPS) is 11.2. The molecular weight excluding hydrogens is 576 g/mol. The average molecular weight is 622 g/mol. The minimum atomic E-state index is -0.722. The quantitative estimate of drug-likeness (QED) is 0.174. The number of nitrogens with one attached hydrogen (secondary N) is 1. The fraction of sp³-hybridized carbons (Fsp3) is 0.516. The summed E-state index contributed by atoms with van der Waals surface area (Å²) in [5.41, 5.74) is 0.221. The highest BCUT2D eigenvalue weighted by Crippen LogP contribution is 2.21. The zero-order chi connectivity index (χ0) is 33.2. The number of carbonyl (C=O) groups excluding carboxylic acids is 3. The second-order valence-electron chi connectivity index (χ2n) is 9.74. The molecule has 1 N–H and O–H groups in total. The van der Waals surface area contributed by atoms with Gasteiger partial charge in [0.05, 0.1) is 24.2 Å². The van der Waals surface area contributed by atoms with Crippen LogP contribution in [0.4, 0.5) is 19.4 Å². The first kappa shape index (κ1) is 37.9. The SMILES string of the molecule is CCCn1cc(C(C)=O)c(=O)c2cc(F)c(N(C)CCCCOC/C=C\C(=C/CF)N(C)C(=O)OCC)nc21.CNC(C)=O. The van der Waals surface area contributed by atoms with E-state index < -0.39 is 24.0 Å². The number of alkyl halides is 1. The molecular formula is C31H45F2N5O6. The molecule has 0 aliphatic heterocycles. The number of pyridine rings is 2. The number of Topliss-reactive ketones (excluding diaryl/α,β-unsaturated/α-hetero) is 1. The molecule has 2 aromatic rings. The maximum Gasteiger partial charge on any atom is 0.413 e. The Hall–Kier alpha value is -4.13. The molecule has 0 fully saturated rings. The molecule has 2 heterocycles. The largest absolute Gasteiger partial charge is 0.449 e. The molecule has 244 valence electrons. The van der Waals surface area contributed by atoms with E-state index in [-0.39, 0.29) is 41.7 Å². The highest BCUT2D eigenvalue weighted by molar-refractivity contribution is 5.96. The van der Waals surface area contributed by atoms with E-state index in [4.69, 9.17) is 9.47 Å². The zero-order valence-electron chi connectivity index (χ0n) is 26.7. The number of hydrogen-bond donors (Lipinski definition) is 1. The number of anilines is 1. The molecule has 0 radical (unpaired) electrons. The monoisotopic (exact) mass is 621 g/mol. The molecule has 2 rings (SSSR count). The summed E-state index contributed by atoms with van der Waals surface area (Å²) in [4.78, 5) is 53.5. The molecule has 13 heteroatoms. The Bertz CT molecular complexity index is 1380. The third-order valence-corrected chi connectivity index (χ3v) is 6.29. The number of fused-ring (bicyclic) bond motifs is 1. The van der Waals surface area contributed by atoms with Gasteiger partial charge >= 0.3 is 6.09 Å². The zero-order valence-corrected chi connectivity index (χ0v) is 26.7. The Balaban J connectivity index is 0.00000178. The highest BCUT2D eigenvalue weighted by Gasteiger charge is 2.18. The molecule has 0 saturated carbocycles. The molecule has 2 aromatic heterocycles. The summed E-state index contributed by atoms with van der Waals surface area (Å²) < 4.78 is 40.0. The number of aryl methyl sites for hydroxylation is 1. The van der Waals surface area contributed by atoms with Gasteiger partial charge in [0.1, 0.15) is 12.3 Å². The Morgan fingerprint density at radius 3 is 2.41 bits per heavy atom. The van der Waals surface area contributed by atoms with Crippen LogP contribution in [-0.4, -0.2) is 86.4 Å². The molecule has 0 spiro atoms. The fourth-order valence-electron chi connectivity index (χ4n) is 3.91. The number of ether oxygens (including phenoxy) is 2. The maximum atomic E-state index is 15.0. The lowest BCUT2D eigenvalue weighted by atomic mass is 10.1. The summed E-state index contributed by atoms with van der Waals surface area (Å²) in [7, 11) is 4.83. The lowest BCUT2D eigenvalue weighted by molar-refractivity contribution is -0.118. The second-order valence-corrected chi connectivity index (χ2v) is 9.74. The highest BCUT2D eigenvalue weighted by atomic mass is 19.1. The van der Waals surface area contributed by atoms with E-state index in [1.54, 1.807) is 42.6 Å². The van der Waals surface area contributed by atoms with E-state index in [0.717, 1.165) is 12.5 Å². The van der Waals surface area contributed by atoms with Gasteiger partial charge in [-0.15, -0.1) is 0 Å². The Morgan fingerprint density at radius 1 is 1.16 bits per heavy atom. The van der Waals surface area contributed by atoms with Crippen molar-refractivity contribution < 1.29 is 32.6 Å². The molecule has 0 bridgehead atoms. The predicted molar refractivity (Wildman–Crippen MR) is 167 cm³/mol. The summed E-state index contributed by atoms with van der Waals surface area (Å²) in [6, 6.07) is 1.16. The average Bonchev–Trinajstić information content (AvgIpc) is 2.98. The van der Waals surface area contributed by atoms with E-state index in [0.29, 0.717) is 43.9 Å². The number of likely N-dealkylation sites (N-methyl/N-ethyl adjacent to an activating group) is 1. The van der Waals surface area contributed by atoms with Gasteiger partial charge in [0, 0.05) is 59.7 Å². The van der Waals surface area contributed by atoms with Gasteiger partial charge in [0.15, 0.2) is 17.4 Å². The molecule has 0 aliphatic carbocycles. The summed E-state index contributed by atoms with van der Waals surface area (Å²) in [5.74, 6) is -0.863. The number of allylic oxidation sites excluding steroid dienone is 2. The standard InChI is InChI=1S/C28H38F2N4O5.C3H7NO/c1-6-14-34-19-23(20(3)35)25(36)22-18-24(30)27(31-26(22)34)32(4)15-8-9-16-38-17-10-11-21(12-13-29)33(5)28(37)39-7-2;1-3(5)4-2/h10-12,18-19H,6-9,13-17H2,1-5H3;1-2H3,(H,4,5)/b11-10-,21-12+;. The third-order valence-electron chi connectivity index (χ3n) is 6.29. The Kier molecular flexibility index (Phi) is 17.2. The van der Waals surface area contributed by atoms with Crippen LogP contribution in [-0.2, 0) is 20.8 Å². The van der Waals surface area contributed by atoms with Gasteiger partial charge < -0.3 is 24.3 Å². The molecule has 0 unspecified atom stereocenters. The number of hydrogen-bond acceptors (Lipinski definition) is 8. The first-order valence-corrected chi connectivity index (χ1v) is 14.5. The smallest absolute Gasteiger partial charge is 0.413 e. The summed E-state index contributed by atoms with van der Waals surface area (Å²) in [6.45, 7) is 7.71. The van der Waals surface area contributed by atoms with Crippen molar-refractivity contribution in [2.24, 2.45) is 0 Å². The van der Waals surface area contributed by atoms with Crippen LogP contribution in [0, 0.1) is 5.82 Å². The first-order chi connectivity index (χ1) is 20.9. The van der Waals surface area contributed by atoms with Crippen molar-refractivity contribution in [1.82, 2.24) is 19.8 Å². The van der Waals surface area contributed by atoms with E-state index in [1.165, 1.54) is 38.1 Å². The van der Waals surface area contributed by atoms with Crippen molar-refractivity contribution in [2.75, 3.05) is 59.1 Å². The summed E-state index contributed by atoms with van der Waals surface area (Å²) >= 11 is 0. The molecule has 44 heavy (non-hydrogen) atoms. The molecule has 0 atom stereocenters. The van der Waals surface area contributed by atoms with Crippen LogP contribution >= 0.6 is 0 Å². The number of ketones is 1. The van der Waals surface area contributed by atoms with Crippen LogP contribution in [0.5, 0.6) is 0 Å². The molecule has 0 saturated heterocycles. The van der Waals surface area contributed by atoms with Gasteiger partial charge in [0.2, 0.25) is 11.3 Å². The second kappa shape index (κ2) is 19.9. The summed E-state index contributed by atoms with van der Waals surface area (Å²) in [5, 5.41) is 2.48. The van der Waals surface area contributed by atoms with Gasteiger partial charge in [-0.2, -0.15) is 0 Å². The third kappa shape index (κ3) is 11.9. The number of rotatable bonds is 15. The number of carbonyl (C=O) groups is 3. The lowest BCUT2D eigenvalue weighted by Gasteiger charge is -2.20. The minimum absolute atomic E-state index is 0.00463. The minimum Gasteiger partial charge on any atom is -0.449 e. The van der Waals surface area contributed by atoms with E-state index >= 15 is 0 Å². The molecule has 0 aromatic carbocycles. The van der Waals surface area contributed by atoms with Gasteiger partial charge in [-0.1, -0.05) is 13.0 Å². The molecule has 0 aliphatic rings. The van der Waals surface area contributed by atoms with Crippen molar-refractivity contribution in [2.45, 2.75) is 53.5 Å². The van der Waals surface area contributed by atoms with Crippen molar-refractivity contribution in [3.05, 3.63) is 57.8 Å². The van der Waals surface area contributed by atoms with E-state index in [9.17, 15) is 28.0 Å². The molecule has 11 nitrogen and oxygen atoms in total. The Morgan fingerprint density at radius 2 is 1.84 bits per heavy atom. The fourth-order valence-corrected chi connectivity index (χ4v) is 3.91. The van der Waals surface area contributed by atoms with Crippen molar-refractivity contribution in [3.63, 3.8) is 0 Å². The molecule has 2 amide bonds. The van der Waals surface area contributed by atoms with Crippen LogP contribution in [0.15, 0.2) is 41.0 Å². The van der Waals surface area contributed by atoms with Gasteiger partial charge in [-0.05, 0) is 51.3 Å². The van der Waals surface area contributed by atoms with Gasteiger partial charge in [0.25, 0.3) is 0 Å². The summed E-state index contributed by atoms with van der Waals surface area (Å²) in [6.07, 6.45) is 7.63. The van der Waals surface area contributed by atoms with Crippen molar-refractivity contribution in [1.29, 1.82) is 0 Å². The van der Waals surface area contributed by atoms with Crippen LogP contribution in [0.1, 0.15) is 57.3 Å². The number of nitrogens with zero attached hydrogens (tertiary/aromatic N) is 4. The Labute approximate surface area is 257 Å². The lowest BCUT2D eigenvalue weighted by Crippen LogP contribution is -2.26. The van der Waals surface area contributed by atoms with Crippen molar-refractivity contribution >= 4 is 34.6 Å². The predicted octanol–water partition coefficient (Wildman–Crippen LogP) is 4.63.